The van der Waals surface area contributed by atoms with E-state index in [1.165, 1.54) is 10.8 Å². The monoisotopic (exact) mass is 201 g/mol. The first-order chi connectivity index (χ1) is 6.86. The highest BCUT2D eigenvalue weighted by Gasteiger charge is 2.11. The molecule has 0 saturated carbocycles. The van der Waals surface area contributed by atoms with E-state index in [2.05, 4.69) is 28.3 Å². The van der Waals surface area contributed by atoms with Crippen LogP contribution in [0.25, 0.3) is 21.8 Å². The van der Waals surface area contributed by atoms with E-state index in [0.29, 0.717) is 0 Å². The van der Waals surface area contributed by atoms with Crippen LogP contribution in [0.2, 0.25) is 0 Å². The van der Waals surface area contributed by atoms with Gasteiger partial charge in [0.15, 0.2) is 12.6 Å². The Labute approximate surface area is 86.5 Å². The molecule has 0 saturated heterocycles. The van der Waals surface area contributed by atoms with Crippen molar-refractivity contribution in [1.82, 2.24) is 10.1 Å². The molecular formula is C11H11N3O. The highest BCUT2D eigenvalue weighted by molar-refractivity contribution is 6.00. The zero-order chi connectivity index (χ0) is 9.54. The van der Waals surface area contributed by atoms with Gasteiger partial charge in [-0.1, -0.05) is 18.2 Å². The van der Waals surface area contributed by atoms with Crippen LogP contribution in [-0.2, 0) is 7.05 Å². The van der Waals surface area contributed by atoms with Crippen molar-refractivity contribution in [3.8, 4) is 0 Å². The van der Waals surface area contributed by atoms with Gasteiger partial charge in [0.2, 0.25) is 0 Å². The molecule has 2 N–H and O–H groups in total. The molecule has 1 aromatic carbocycles. The number of hydrogen-bond acceptors (Lipinski definition) is 2. The Hall–Kier alpha value is -1.94. The van der Waals surface area contributed by atoms with Gasteiger partial charge in [0.25, 0.3) is 5.52 Å². The molecule has 4 heteroatoms. The summed E-state index contributed by atoms with van der Waals surface area (Å²) in [7, 11) is 2.00. The van der Waals surface area contributed by atoms with Gasteiger partial charge >= 0.3 is 0 Å². The Morgan fingerprint density at radius 1 is 1.27 bits per heavy atom. The van der Waals surface area contributed by atoms with E-state index < -0.39 is 0 Å². The number of nitrogens with one attached hydrogen (secondary N) is 1. The highest BCUT2D eigenvalue weighted by atomic mass is 16.0. The lowest BCUT2D eigenvalue weighted by Crippen LogP contribution is -2.29. The van der Waals surface area contributed by atoms with Crippen LogP contribution in [0.4, 0.5) is 0 Å². The van der Waals surface area contributed by atoms with Crippen molar-refractivity contribution in [2.45, 2.75) is 0 Å². The van der Waals surface area contributed by atoms with E-state index >= 15 is 0 Å². The maximum Gasteiger partial charge on any atom is 0.264 e. The quantitative estimate of drug-likeness (QED) is 0.558. The molecule has 0 aliphatic heterocycles. The van der Waals surface area contributed by atoms with Gasteiger partial charge in [0.1, 0.15) is 0 Å². The van der Waals surface area contributed by atoms with Crippen LogP contribution in [0, 0.1) is 0 Å². The number of aryl methyl sites for hydroxylation is 1. The fourth-order valence-corrected chi connectivity index (χ4v) is 1.84. The second kappa shape index (κ2) is 3.33. The van der Waals surface area contributed by atoms with Crippen LogP contribution in [0.3, 0.4) is 0 Å². The third-order valence-electron chi connectivity index (χ3n) is 2.53. The van der Waals surface area contributed by atoms with Crippen LogP contribution in [0.5, 0.6) is 0 Å². The van der Waals surface area contributed by atoms with Gasteiger partial charge < -0.3 is 5.48 Å². The number of rotatable bonds is 0. The Bertz CT molecular complexity index is 615. The molecule has 3 aromatic rings. The highest BCUT2D eigenvalue weighted by Crippen LogP contribution is 2.19. The summed E-state index contributed by atoms with van der Waals surface area (Å²) < 4.78 is 1.99. The van der Waals surface area contributed by atoms with Crippen LogP contribution >= 0.6 is 0 Å². The third-order valence-corrected chi connectivity index (χ3v) is 2.53. The average Bonchev–Trinajstić information content (AvgIpc) is 2.61. The molecule has 0 bridgehead atoms. The number of benzene rings is 1. The van der Waals surface area contributed by atoms with Crippen molar-refractivity contribution in [2.24, 2.45) is 7.05 Å². The molecule has 0 spiro atoms. The van der Waals surface area contributed by atoms with Crippen LogP contribution in [-0.4, -0.2) is 15.6 Å². The smallest absolute Gasteiger partial charge is 0.264 e. The lowest BCUT2D eigenvalue weighted by molar-refractivity contribution is -0.702. The Kier molecular flexibility index (Phi) is 2.13. The standard InChI is InChI=1S/C11H9N3.H2O/c1-14-11-9-5-3-2-4-8(9)6-12-10(11)7-13-14;/h2-7H,1H3;1H2. The second-order valence-corrected chi connectivity index (χ2v) is 3.41. The fraction of sp³-hybridized carbons (Fsp3) is 0.0909. The summed E-state index contributed by atoms with van der Waals surface area (Å²) in [5.41, 5.74) is 2.16. The van der Waals surface area contributed by atoms with E-state index in [9.17, 15) is 0 Å². The minimum Gasteiger partial charge on any atom is -0.870 e. The summed E-state index contributed by atoms with van der Waals surface area (Å²) in [5, 5.41) is 5.54. The zero-order valence-electron chi connectivity index (χ0n) is 8.31. The summed E-state index contributed by atoms with van der Waals surface area (Å²) >= 11 is 0. The van der Waals surface area contributed by atoms with E-state index in [0.717, 1.165) is 11.0 Å². The maximum atomic E-state index is 4.38. The van der Waals surface area contributed by atoms with E-state index in [1.807, 2.05) is 30.2 Å². The molecule has 0 aliphatic rings. The number of hydrogen-bond donors (Lipinski definition) is 1. The second-order valence-electron chi connectivity index (χ2n) is 3.41. The van der Waals surface area contributed by atoms with Gasteiger partial charge in [-0.25, -0.2) is 4.98 Å². The number of nitrogens with zero attached hydrogens (tertiary/aromatic N) is 2. The van der Waals surface area contributed by atoms with Gasteiger partial charge in [-0.2, -0.15) is 5.10 Å². The number of aromatic amines is 1. The van der Waals surface area contributed by atoms with E-state index in [1.54, 1.807) is 0 Å². The van der Waals surface area contributed by atoms with Crippen LogP contribution < -0.4 is 4.68 Å². The zero-order valence-corrected chi connectivity index (χ0v) is 8.31. The third kappa shape index (κ3) is 1.27. The molecule has 3 rings (SSSR count). The van der Waals surface area contributed by atoms with Gasteiger partial charge in [0, 0.05) is 11.6 Å². The number of fused-ring (bicyclic) bond motifs is 3. The predicted molar refractivity (Wildman–Crippen MR) is 56.7 cm³/mol. The molecule has 15 heavy (non-hydrogen) atoms. The Balaban J connectivity index is 0.000000853. The van der Waals surface area contributed by atoms with Crippen molar-refractivity contribution >= 4 is 21.8 Å². The van der Waals surface area contributed by atoms with Gasteiger partial charge in [-0.15, -0.1) is 4.68 Å². The van der Waals surface area contributed by atoms with Gasteiger partial charge in [0.05, 0.1) is 11.6 Å². The minimum absolute atomic E-state index is 0. The Morgan fingerprint density at radius 2 is 2.07 bits per heavy atom. The summed E-state index contributed by atoms with van der Waals surface area (Å²) in [6.07, 6.45) is 3.83. The predicted octanol–water partition coefficient (Wildman–Crippen LogP) is 1.36. The minimum atomic E-state index is 0. The van der Waals surface area contributed by atoms with E-state index in [4.69, 9.17) is 0 Å². The molecule has 2 heterocycles. The summed E-state index contributed by atoms with van der Waals surface area (Å²) in [4.78, 5) is 4.38. The van der Waals surface area contributed by atoms with Gasteiger partial charge in [-0.3, -0.25) is 0 Å². The van der Waals surface area contributed by atoms with Gasteiger partial charge in [-0.05, 0) is 6.07 Å². The van der Waals surface area contributed by atoms with E-state index in [-0.39, 0.29) is 5.48 Å². The molecule has 0 unspecified atom stereocenters. The average molecular weight is 201 g/mol. The summed E-state index contributed by atoms with van der Waals surface area (Å²) in [6.45, 7) is 0. The lowest BCUT2D eigenvalue weighted by Gasteiger charge is -1.94. The topological polar surface area (TPSA) is 62.6 Å². The lowest BCUT2D eigenvalue weighted by atomic mass is 10.1. The molecule has 0 aliphatic carbocycles. The first-order valence-corrected chi connectivity index (χ1v) is 4.57. The molecule has 2 aromatic heterocycles. The first kappa shape index (κ1) is 9.61. The molecular weight excluding hydrogens is 190 g/mol. The van der Waals surface area contributed by atoms with Crippen molar-refractivity contribution in [3.05, 3.63) is 36.7 Å². The summed E-state index contributed by atoms with van der Waals surface area (Å²) in [6, 6.07) is 8.28. The van der Waals surface area contributed by atoms with Crippen LogP contribution in [0.15, 0.2) is 36.7 Å². The first-order valence-electron chi connectivity index (χ1n) is 4.57. The molecule has 0 fully saturated rings. The molecule has 0 atom stereocenters. The number of pyridine rings is 1. The largest absolute Gasteiger partial charge is 0.870 e. The van der Waals surface area contributed by atoms with Crippen molar-refractivity contribution < 1.29 is 10.2 Å². The fourth-order valence-electron chi connectivity index (χ4n) is 1.84. The molecule has 0 amide bonds. The molecule has 4 nitrogen and oxygen atoms in total. The number of H-pyrrole nitrogens is 1. The Morgan fingerprint density at radius 3 is 2.93 bits per heavy atom. The van der Waals surface area contributed by atoms with Crippen molar-refractivity contribution in [3.63, 3.8) is 0 Å². The SMILES string of the molecule is C[n+]1[nH]cc2ncc3ccccc3c21.[OH-]. The van der Waals surface area contributed by atoms with Crippen molar-refractivity contribution in [2.75, 3.05) is 0 Å². The molecule has 0 radical (unpaired) electrons. The summed E-state index contributed by atoms with van der Waals surface area (Å²) in [5.74, 6) is 0. The van der Waals surface area contributed by atoms with Crippen LogP contribution in [0.1, 0.15) is 0 Å². The maximum absolute atomic E-state index is 4.38. The number of aromatic nitrogens is 3. The normalized spacial score (nSPS) is 10.5. The van der Waals surface area contributed by atoms with Crippen molar-refractivity contribution in [1.29, 1.82) is 0 Å². The molecule has 76 valence electrons.